The summed E-state index contributed by atoms with van der Waals surface area (Å²) in [5.41, 5.74) is 6.59. The maximum Gasteiger partial charge on any atom is 0.357 e. The number of anilines is 1. The normalized spacial score (nSPS) is 12.2. The second kappa shape index (κ2) is 7.29. The van der Waals surface area contributed by atoms with Crippen molar-refractivity contribution in [2.45, 2.75) is 6.92 Å². The Balaban J connectivity index is 2.23. The number of carbonyl (C=O) groups is 2. The Labute approximate surface area is 154 Å². The Morgan fingerprint density at radius 2 is 1.96 bits per heavy atom. The lowest BCUT2D eigenvalue weighted by Crippen LogP contribution is -2.21. The molecule has 0 amide bonds. The van der Waals surface area contributed by atoms with Gasteiger partial charge in [-0.2, -0.15) is 5.26 Å². The molecule has 0 fully saturated rings. The number of fused-ring (bicyclic) bond motifs is 1. The van der Waals surface area contributed by atoms with E-state index in [1.807, 2.05) is 6.07 Å². The number of esters is 2. The van der Waals surface area contributed by atoms with Crippen LogP contribution in [0.25, 0.3) is 5.69 Å². The fourth-order valence-corrected chi connectivity index (χ4v) is 2.79. The van der Waals surface area contributed by atoms with Gasteiger partial charge in [-0.15, -0.1) is 0 Å². The van der Waals surface area contributed by atoms with Gasteiger partial charge in [0.05, 0.1) is 30.7 Å². The molecule has 0 saturated heterocycles. The molecular formula is C18H17N3O6. The predicted octanol–water partition coefficient (Wildman–Crippen LogP) is 1.67. The van der Waals surface area contributed by atoms with E-state index in [9.17, 15) is 14.9 Å². The minimum absolute atomic E-state index is 0.00991. The predicted molar refractivity (Wildman–Crippen MR) is 93.2 cm³/mol. The zero-order valence-electron chi connectivity index (χ0n) is 14.8. The average molecular weight is 371 g/mol. The van der Waals surface area contributed by atoms with Crippen molar-refractivity contribution in [3.05, 3.63) is 35.2 Å². The molecule has 1 aromatic carbocycles. The van der Waals surface area contributed by atoms with E-state index < -0.39 is 11.9 Å². The second-order valence-corrected chi connectivity index (χ2v) is 5.49. The summed E-state index contributed by atoms with van der Waals surface area (Å²) in [6.07, 6.45) is 1.40. The molecule has 3 rings (SSSR count). The zero-order chi connectivity index (χ0) is 19.6. The Hall–Kier alpha value is -3.67. The standard InChI is InChI=1S/C18H17N3O6/c1-3-25-17(22)11-4-5-12(16-15(11)26-6-7-27-16)21-9-10(8-19)13(20)14(21)18(23)24-2/h4-5,9H,3,6-7,20H2,1-2H3. The van der Waals surface area contributed by atoms with E-state index in [-0.39, 0.29) is 53.8 Å². The molecule has 1 aliphatic rings. The highest BCUT2D eigenvalue weighted by Crippen LogP contribution is 2.41. The summed E-state index contributed by atoms with van der Waals surface area (Å²) in [5, 5.41) is 9.26. The molecule has 9 nitrogen and oxygen atoms in total. The van der Waals surface area contributed by atoms with Gasteiger partial charge < -0.3 is 29.2 Å². The molecule has 1 aliphatic heterocycles. The molecular weight excluding hydrogens is 354 g/mol. The van der Waals surface area contributed by atoms with E-state index >= 15 is 0 Å². The number of ether oxygens (including phenoxy) is 4. The summed E-state index contributed by atoms with van der Waals surface area (Å²) in [5.74, 6) is -0.812. The Kier molecular flexibility index (Phi) is 4.90. The van der Waals surface area contributed by atoms with Gasteiger partial charge in [0.2, 0.25) is 0 Å². The van der Waals surface area contributed by atoms with Gasteiger partial charge >= 0.3 is 11.9 Å². The largest absolute Gasteiger partial charge is 0.485 e. The molecule has 0 radical (unpaired) electrons. The smallest absolute Gasteiger partial charge is 0.357 e. The van der Waals surface area contributed by atoms with Crippen LogP contribution in [0.15, 0.2) is 18.3 Å². The van der Waals surface area contributed by atoms with Crippen molar-refractivity contribution in [3.63, 3.8) is 0 Å². The van der Waals surface area contributed by atoms with Crippen molar-refractivity contribution in [3.8, 4) is 23.3 Å². The summed E-state index contributed by atoms with van der Waals surface area (Å²) < 4.78 is 22.5. The van der Waals surface area contributed by atoms with Crippen molar-refractivity contribution < 1.29 is 28.5 Å². The number of nitrogen functional groups attached to an aromatic ring is 1. The minimum atomic E-state index is -0.714. The third-order valence-corrected chi connectivity index (χ3v) is 3.97. The summed E-state index contributed by atoms with van der Waals surface area (Å²) >= 11 is 0. The van der Waals surface area contributed by atoms with E-state index in [0.29, 0.717) is 5.69 Å². The van der Waals surface area contributed by atoms with Gasteiger partial charge in [-0.25, -0.2) is 9.59 Å². The monoisotopic (exact) mass is 371 g/mol. The first-order chi connectivity index (χ1) is 13.0. The number of nitrogens with zero attached hydrogens (tertiary/aromatic N) is 2. The van der Waals surface area contributed by atoms with Crippen LogP contribution in [-0.2, 0) is 9.47 Å². The van der Waals surface area contributed by atoms with Crippen LogP contribution in [0.3, 0.4) is 0 Å². The van der Waals surface area contributed by atoms with Gasteiger partial charge in [0, 0.05) is 6.20 Å². The Morgan fingerprint density at radius 3 is 2.59 bits per heavy atom. The van der Waals surface area contributed by atoms with Crippen LogP contribution in [0.4, 0.5) is 5.69 Å². The molecule has 2 heterocycles. The Morgan fingerprint density at radius 1 is 1.26 bits per heavy atom. The first kappa shape index (κ1) is 18.1. The molecule has 2 N–H and O–H groups in total. The van der Waals surface area contributed by atoms with Crippen molar-refractivity contribution in [1.29, 1.82) is 5.26 Å². The van der Waals surface area contributed by atoms with Crippen LogP contribution in [-0.4, -0.2) is 43.4 Å². The number of methoxy groups -OCH3 is 1. The van der Waals surface area contributed by atoms with E-state index in [0.717, 1.165) is 0 Å². The molecule has 0 spiro atoms. The third-order valence-electron chi connectivity index (χ3n) is 3.97. The highest BCUT2D eigenvalue weighted by atomic mass is 16.6. The van der Waals surface area contributed by atoms with Crippen LogP contribution >= 0.6 is 0 Å². The fraction of sp³-hybridized carbons (Fsp3) is 0.278. The average Bonchev–Trinajstić information content (AvgIpc) is 3.02. The maximum atomic E-state index is 12.2. The molecule has 2 aromatic rings. The number of hydrogen-bond acceptors (Lipinski definition) is 8. The first-order valence-electron chi connectivity index (χ1n) is 8.12. The highest BCUT2D eigenvalue weighted by Gasteiger charge is 2.29. The zero-order valence-corrected chi connectivity index (χ0v) is 14.8. The Bertz CT molecular complexity index is 957. The van der Waals surface area contributed by atoms with E-state index in [4.69, 9.17) is 24.7 Å². The van der Waals surface area contributed by atoms with Crippen molar-refractivity contribution in [2.75, 3.05) is 32.7 Å². The lowest BCUT2D eigenvalue weighted by molar-refractivity contribution is 0.0515. The number of rotatable bonds is 4. The number of nitriles is 1. The number of nitrogens with two attached hydrogens (primary N) is 1. The van der Waals surface area contributed by atoms with Crippen LogP contribution in [0, 0.1) is 11.3 Å². The quantitative estimate of drug-likeness (QED) is 0.804. The molecule has 1 aromatic heterocycles. The molecule has 0 aliphatic carbocycles. The minimum Gasteiger partial charge on any atom is -0.485 e. The van der Waals surface area contributed by atoms with Gasteiger partial charge in [-0.3, -0.25) is 0 Å². The van der Waals surface area contributed by atoms with Crippen LogP contribution in [0.5, 0.6) is 11.5 Å². The van der Waals surface area contributed by atoms with E-state index in [1.54, 1.807) is 13.0 Å². The van der Waals surface area contributed by atoms with E-state index in [2.05, 4.69) is 0 Å². The van der Waals surface area contributed by atoms with Crippen molar-refractivity contribution in [2.24, 2.45) is 0 Å². The van der Waals surface area contributed by atoms with Crippen LogP contribution < -0.4 is 15.2 Å². The summed E-state index contributed by atoms with van der Waals surface area (Å²) in [7, 11) is 1.21. The molecule has 0 atom stereocenters. The van der Waals surface area contributed by atoms with Crippen molar-refractivity contribution in [1.82, 2.24) is 4.57 Å². The molecule has 27 heavy (non-hydrogen) atoms. The van der Waals surface area contributed by atoms with Crippen LogP contribution in [0.2, 0.25) is 0 Å². The highest BCUT2D eigenvalue weighted by molar-refractivity contribution is 5.97. The first-order valence-corrected chi connectivity index (χ1v) is 8.12. The van der Waals surface area contributed by atoms with Gasteiger partial charge in [0.15, 0.2) is 17.2 Å². The lowest BCUT2D eigenvalue weighted by atomic mass is 10.1. The van der Waals surface area contributed by atoms with Gasteiger partial charge in [0.25, 0.3) is 0 Å². The van der Waals surface area contributed by atoms with E-state index in [1.165, 1.54) is 23.9 Å². The van der Waals surface area contributed by atoms with Crippen LogP contribution in [0.1, 0.15) is 33.3 Å². The lowest BCUT2D eigenvalue weighted by Gasteiger charge is -2.24. The maximum absolute atomic E-state index is 12.2. The number of carbonyl (C=O) groups excluding carboxylic acids is 2. The topological polar surface area (TPSA) is 126 Å². The third kappa shape index (κ3) is 3.01. The summed E-state index contributed by atoms with van der Waals surface area (Å²) in [6.45, 7) is 2.42. The fourth-order valence-electron chi connectivity index (χ4n) is 2.79. The molecule has 140 valence electrons. The molecule has 0 unspecified atom stereocenters. The molecule has 0 bridgehead atoms. The van der Waals surface area contributed by atoms with Gasteiger partial charge in [-0.05, 0) is 19.1 Å². The SMILES string of the molecule is CCOC(=O)c1ccc(-n2cc(C#N)c(N)c2C(=O)OC)c2c1OCCO2. The second-order valence-electron chi connectivity index (χ2n) is 5.49. The number of hydrogen-bond donors (Lipinski definition) is 1. The number of aromatic nitrogens is 1. The summed E-state index contributed by atoms with van der Waals surface area (Å²) in [6, 6.07) is 5.00. The van der Waals surface area contributed by atoms with Gasteiger partial charge in [0.1, 0.15) is 24.8 Å². The van der Waals surface area contributed by atoms with Crippen molar-refractivity contribution >= 4 is 17.6 Å². The molecule has 9 heteroatoms. The molecule has 0 saturated carbocycles. The number of benzene rings is 1. The summed E-state index contributed by atoms with van der Waals surface area (Å²) in [4.78, 5) is 24.4. The van der Waals surface area contributed by atoms with Gasteiger partial charge in [-0.1, -0.05) is 0 Å².